The summed E-state index contributed by atoms with van der Waals surface area (Å²) in [6.07, 6.45) is 7.64. The Bertz CT molecular complexity index is 111. The van der Waals surface area contributed by atoms with Crippen LogP contribution < -0.4 is 11.1 Å². The van der Waals surface area contributed by atoms with E-state index in [4.69, 9.17) is 10.8 Å². The van der Waals surface area contributed by atoms with E-state index in [1.807, 2.05) is 0 Å². The van der Waals surface area contributed by atoms with Crippen molar-refractivity contribution in [3.05, 3.63) is 0 Å². The Morgan fingerprint density at radius 1 is 1.06 bits per heavy atom. The van der Waals surface area contributed by atoms with Crippen LogP contribution in [-0.4, -0.2) is 31.3 Å². The fourth-order valence-corrected chi connectivity index (χ4v) is 1.49. The zero-order chi connectivity index (χ0) is 13.4. The van der Waals surface area contributed by atoms with Gasteiger partial charge >= 0.3 is 0 Å². The van der Waals surface area contributed by atoms with Crippen LogP contribution in [0, 0.1) is 5.92 Å². The van der Waals surface area contributed by atoms with E-state index in [0.29, 0.717) is 0 Å². The smallest absolute Gasteiger partial charge is 0.0555 e. The Kier molecular flexibility index (Phi) is 20.6. The molecule has 0 saturated carbocycles. The van der Waals surface area contributed by atoms with Gasteiger partial charge in [0.15, 0.2) is 0 Å². The molecule has 0 aromatic rings. The molecule has 0 rings (SSSR count). The third-order valence-electron chi connectivity index (χ3n) is 2.87. The first-order chi connectivity index (χ1) is 8.26. The van der Waals surface area contributed by atoms with Crippen LogP contribution in [-0.2, 0) is 0 Å². The molecular formula is C14H34N2O. The molecule has 3 heteroatoms. The fraction of sp³-hybridized carbons (Fsp3) is 1.00. The van der Waals surface area contributed by atoms with Gasteiger partial charge in [-0.05, 0) is 31.8 Å². The van der Waals surface area contributed by atoms with Gasteiger partial charge in [0.05, 0.1) is 6.61 Å². The van der Waals surface area contributed by atoms with Crippen molar-refractivity contribution in [3.8, 4) is 0 Å². The number of nitrogens with two attached hydrogens (primary N) is 1. The summed E-state index contributed by atoms with van der Waals surface area (Å²) < 4.78 is 0. The minimum atomic E-state index is 0.254. The molecule has 0 aromatic carbocycles. The number of rotatable bonds is 10. The topological polar surface area (TPSA) is 58.3 Å². The lowest BCUT2D eigenvalue weighted by Gasteiger charge is -2.09. The molecule has 0 heterocycles. The highest BCUT2D eigenvalue weighted by molar-refractivity contribution is 4.56. The van der Waals surface area contributed by atoms with Crippen molar-refractivity contribution < 1.29 is 5.11 Å². The molecule has 0 fully saturated rings. The van der Waals surface area contributed by atoms with Gasteiger partial charge in [-0.25, -0.2) is 0 Å². The molecule has 17 heavy (non-hydrogen) atoms. The summed E-state index contributed by atoms with van der Waals surface area (Å²) in [5, 5.41) is 11.4. The predicted molar refractivity (Wildman–Crippen MR) is 77.2 cm³/mol. The Balaban J connectivity index is 0. The average Bonchev–Trinajstić information content (AvgIpc) is 2.37. The van der Waals surface area contributed by atoms with Crippen molar-refractivity contribution in [1.82, 2.24) is 5.32 Å². The van der Waals surface area contributed by atoms with Crippen molar-refractivity contribution in [2.75, 3.05) is 26.2 Å². The minimum absolute atomic E-state index is 0.254. The van der Waals surface area contributed by atoms with Crippen LogP contribution in [0.5, 0.6) is 0 Å². The van der Waals surface area contributed by atoms with E-state index in [0.717, 1.165) is 25.6 Å². The lowest BCUT2D eigenvalue weighted by atomic mass is 10.00. The van der Waals surface area contributed by atoms with Gasteiger partial charge in [0.25, 0.3) is 0 Å². The molecule has 0 amide bonds. The van der Waals surface area contributed by atoms with E-state index in [-0.39, 0.29) is 6.61 Å². The molecule has 0 saturated heterocycles. The molecule has 106 valence electrons. The normalized spacial score (nSPS) is 11.8. The molecule has 4 N–H and O–H groups in total. The van der Waals surface area contributed by atoms with Crippen LogP contribution in [0.4, 0.5) is 0 Å². The van der Waals surface area contributed by atoms with Gasteiger partial charge in [0, 0.05) is 6.54 Å². The third kappa shape index (κ3) is 18.4. The molecule has 0 aliphatic carbocycles. The van der Waals surface area contributed by atoms with Gasteiger partial charge < -0.3 is 16.2 Å². The molecule has 0 aliphatic rings. The number of aliphatic hydroxyl groups is 1. The maximum absolute atomic E-state index is 8.30. The van der Waals surface area contributed by atoms with E-state index in [9.17, 15) is 0 Å². The predicted octanol–water partition coefficient (Wildman–Crippen LogP) is 2.53. The fourth-order valence-electron chi connectivity index (χ4n) is 1.49. The summed E-state index contributed by atoms with van der Waals surface area (Å²) in [5.41, 5.74) is 5.52. The Hall–Kier alpha value is -0.120. The Morgan fingerprint density at radius 2 is 1.71 bits per heavy atom. The largest absolute Gasteiger partial charge is 0.395 e. The highest BCUT2D eigenvalue weighted by Crippen LogP contribution is 2.09. The molecule has 1 atom stereocenters. The maximum atomic E-state index is 8.30. The van der Waals surface area contributed by atoms with Gasteiger partial charge in [0.1, 0.15) is 0 Å². The summed E-state index contributed by atoms with van der Waals surface area (Å²) in [4.78, 5) is 0. The Labute approximate surface area is 108 Å². The van der Waals surface area contributed by atoms with Crippen LogP contribution in [0.15, 0.2) is 0 Å². The van der Waals surface area contributed by atoms with Crippen molar-refractivity contribution in [3.63, 3.8) is 0 Å². The number of unbranched alkanes of at least 4 members (excludes halogenated alkanes) is 2. The highest BCUT2D eigenvalue weighted by Gasteiger charge is 2.00. The second-order valence-corrected chi connectivity index (χ2v) is 4.48. The SMILES string of the molecule is CCCCC(CC)CN.CCCCNCCO. The molecular weight excluding hydrogens is 212 g/mol. The van der Waals surface area contributed by atoms with Crippen molar-refractivity contribution in [2.24, 2.45) is 11.7 Å². The monoisotopic (exact) mass is 246 g/mol. The molecule has 0 aromatic heterocycles. The lowest BCUT2D eigenvalue weighted by molar-refractivity contribution is 0.292. The van der Waals surface area contributed by atoms with Crippen molar-refractivity contribution >= 4 is 0 Å². The molecule has 3 nitrogen and oxygen atoms in total. The first-order valence-corrected chi connectivity index (χ1v) is 7.28. The van der Waals surface area contributed by atoms with Gasteiger partial charge in [-0.1, -0.05) is 46.5 Å². The molecule has 0 spiro atoms. The van der Waals surface area contributed by atoms with E-state index in [1.54, 1.807) is 0 Å². The summed E-state index contributed by atoms with van der Waals surface area (Å²) in [6.45, 7) is 9.49. The first-order valence-electron chi connectivity index (χ1n) is 7.28. The third-order valence-corrected chi connectivity index (χ3v) is 2.87. The quantitative estimate of drug-likeness (QED) is 0.519. The van der Waals surface area contributed by atoms with Gasteiger partial charge in [-0.2, -0.15) is 0 Å². The van der Waals surface area contributed by atoms with Crippen LogP contribution in [0.2, 0.25) is 0 Å². The number of nitrogens with one attached hydrogen (secondary N) is 1. The maximum Gasteiger partial charge on any atom is 0.0555 e. The van der Waals surface area contributed by atoms with E-state index in [2.05, 4.69) is 26.1 Å². The van der Waals surface area contributed by atoms with Crippen LogP contribution in [0.3, 0.4) is 0 Å². The number of hydrogen-bond donors (Lipinski definition) is 3. The zero-order valence-electron chi connectivity index (χ0n) is 12.2. The average molecular weight is 246 g/mol. The van der Waals surface area contributed by atoms with E-state index >= 15 is 0 Å². The van der Waals surface area contributed by atoms with Gasteiger partial charge in [0.2, 0.25) is 0 Å². The highest BCUT2D eigenvalue weighted by atomic mass is 16.3. The molecule has 0 aliphatic heterocycles. The standard InChI is InChI=1S/C8H19N.C6H15NO/c1-3-5-6-8(4-2)7-9;1-2-3-4-7-5-6-8/h8H,3-7,9H2,1-2H3;7-8H,2-6H2,1H3. The summed E-state index contributed by atoms with van der Waals surface area (Å²) >= 11 is 0. The second-order valence-electron chi connectivity index (χ2n) is 4.48. The lowest BCUT2D eigenvalue weighted by Crippen LogP contribution is -2.18. The molecule has 0 radical (unpaired) electrons. The molecule has 1 unspecified atom stereocenters. The first kappa shape index (κ1) is 19.2. The zero-order valence-corrected chi connectivity index (χ0v) is 12.2. The van der Waals surface area contributed by atoms with Gasteiger partial charge in [-0.3, -0.25) is 0 Å². The van der Waals surface area contributed by atoms with E-state index < -0.39 is 0 Å². The number of hydrogen-bond acceptors (Lipinski definition) is 3. The van der Waals surface area contributed by atoms with Crippen LogP contribution in [0.25, 0.3) is 0 Å². The Morgan fingerprint density at radius 3 is 2.12 bits per heavy atom. The van der Waals surface area contributed by atoms with Crippen LogP contribution >= 0.6 is 0 Å². The van der Waals surface area contributed by atoms with Crippen molar-refractivity contribution in [2.45, 2.75) is 59.3 Å². The summed E-state index contributed by atoms with van der Waals surface area (Å²) in [7, 11) is 0. The summed E-state index contributed by atoms with van der Waals surface area (Å²) in [6, 6.07) is 0. The van der Waals surface area contributed by atoms with Crippen molar-refractivity contribution in [1.29, 1.82) is 0 Å². The summed E-state index contributed by atoms with van der Waals surface area (Å²) in [5.74, 6) is 0.782. The van der Waals surface area contributed by atoms with Crippen LogP contribution in [0.1, 0.15) is 59.3 Å². The minimum Gasteiger partial charge on any atom is -0.395 e. The second kappa shape index (κ2) is 18.3. The molecule has 0 bridgehead atoms. The number of aliphatic hydroxyl groups excluding tert-OH is 1. The van der Waals surface area contributed by atoms with Gasteiger partial charge in [-0.15, -0.1) is 0 Å². The van der Waals surface area contributed by atoms with E-state index in [1.165, 1.54) is 38.5 Å².